The lowest BCUT2D eigenvalue weighted by atomic mass is 9.87. The van der Waals surface area contributed by atoms with Crippen molar-refractivity contribution in [2.75, 3.05) is 0 Å². The van der Waals surface area contributed by atoms with Gasteiger partial charge in [-0.3, -0.25) is 14.9 Å². The number of nitrogens with zero attached hydrogens (tertiary/aromatic N) is 1. The van der Waals surface area contributed by atoms with Crippen LogP contribution in [0.25, 0.3) is 0 Å². The molecule has 2 aromatic carbocycles. The van der Waals surface area contributed by atoms with Gasteiger partial charge < -0.3 is 5.32 Å². The van der Waals surface area contributed by atoms with Crippen LogP contribution in [-0.2, 0) is 6.42 Å². The number of carbonyl (C=O) groups is 1. The lowest BCUT2D eigenvalue weighted by Crippen LogP contribution is -2.31. The third-order valence-corrected chi connectivity index (χ3v) is 4.34. The summed E-state index contributed by atoms with van der Waals surface area (Å²) in [6.45, 7) is 1.64. The van der Waals surface area contributed by atoms with Crippen LogP contribution in [0.2, 0.25) is 0 Å². The minimum atomic E-state index is -0.487. The predicted molar refractivity (Wildman–Crippen MR) is 87.4 cm³/mol. The first-order chi connectivity index (χ1) is 11.1. The third-order valence-electron chi connectivity index (χ3n) is 4.34. The Kier molecular flexibility index (Phi) is 4.10. The van der Waals surface area contributed by atoms with Gasteiger partial charge in [0.15, 0.2) is 0 Å². The number of rotatable bonds is 3. The van der Waals surface area contributed by atoms with Gasteiger partial charge in [0.25, 0.3) is 11.6 Å². The van der Waals surface area contributed by atoms with Crippen LogP contribution < -0.4 is 5.32 Å². The van der Waals surface area contributed by atoms with Crippen molar-refractivity contribution >= 4 is 11.6 Å². The molecule has 1 aliphatic rings. The Balaban J connectivity index is 1.90. The van der Waals surface area contributed by atoms with E-state index in [0.717, 1.165) is 24.8 Å². The van der Waals surface area contributed by atoms with Gasteiger partial charge in [0, 0.05) is 5.56 Å². The molecule has 0 saturated heterocycles. The van der Waals surface area contributed by atoms with Crippen molar-refractivity contribution < 1.29 is 9.72 Å². The molecule has 1 aliphatic carbocycles. The van der Waals surface area contributed by atoms with Crippen molar-refractivity contribution in [3.05, 3.63) is 74.8 Å². The molecule has 3 rings (SSSR count). The number of benzene rings is 2. The Morgan fingerprint density at radius 3 is 2.78 bits per heavy atom. The number of nitro groups is 1. The first-order valence-electron chi connectivity index (χ1n) is 7.70. The summed E-state index contributed by atoms with van der Waals surface area (Å²) in [7, 11) is 0. The minimum absolute atomic E-state index is 0.0902. The molecule has 0 radical (unpaired) electrons. The number of nitro benzene ring substituents is 1. The van der Waals surface area contributed by atoms with Crippen LogP contribution in [0, 0.1) is 17.0 Å². The van der Waals surface area contributed by atoms with Crippen LogP contribution in [0.4, 0.5) is 5.69 Å². The predicted octanol–water partition coefficient (Wildman–Crippen LogP) is 3.71. The SMILES string of the molecule is Cc1cccc(C(=O)N[C@@H]2CCCc3ccccc32)c1[N+](=O)[O-]. The summed E-state index contributed by atoms with van der Waals surface area (Å²) in [6, 6.07) is 12.8. The topological polar surface area (TPSA) is 72.2 Å². The van der Waals surface area contributed by atoms with Crippen LogP contribution in [0.1, 0.15) is 45.9 Å². The van der Waals surface area contributed by atoms with E-state index in [1.165, 1.54) is 11.6 Å². The van der Waals surface area contributed by atoms with Gasteiger partial charge in [-0.15, -0.1) is 0 Å². The van der Waals surface area contributed by atoms with Gasteiger partial charge in [-0.25, -0.2) is 0 Å². The maximum absolute atomic E-state index is 12.6. The lowest BCUT2D eigenvalue weighted by Gasteiger charge is -2.26. The van der Waals surface area contributed by atoms with Crippen LogP contribution in [0.15, 0.2) is 42.5 Å². The number of para-hydroxylation sites is 1. The fraction of sp³-hybridized carbons (Fsp3) is 0.278. The molecule has 23 heavy (non-hydrogen) atoms. The number of hydrogen-bond donors (Lipinski definition) is 1. The van der Waals surface area contributed by atoms with E-state index in [0.29, 0.717) is 5.56 Å². The maximum atomic E-state index is 12.6. The molecule has 1 atom stereocenters. The number of amides is 1. The quantitative estimate of drug-likeness (QED) is 0.694. The van der Waals surface area contributed by atoms with Crippen molar-refractivity contribution in [2.45, 2.75) is 32.2 Å². The fourth-order valence-corrected chi connectivity index (χ4v) is 3.22. The molecule has 2 aromatic rings. The summed E-state index contributed by atoms with van der Waals surface area (Å²) in [5.41, 5.74) is 2.85. The smallest absolute Gasteiger partial charge is 0.285 e. The van der Waals surface area contributed by atoms with Crippen molar-refractivity contribution in [2.24, 2.45) is 0 Å². The number of carbonyl (C=O) groups excluding carboxylic acids is 1. The van der Waals surface area contributed by atoms with Gasteiger partial charge in [0.1, 0.15) is 5.56 Å². The van der Waals surface area contributed by atoms with E-state index in [9.17, 15) is 14.9 Å². The Morgan fingerprint density at radius 2 is 2.00 bits per heavy atom. The normalized spacial score (nSPS) is 16.5. The van der Waals surface area contributed by atoms with Gasteiger partial charge in [0.05, 0.1) is 11.0 Å². The maximum Gasteiger partial charge on any atom is 0.285 e. The second-order valence-electron chi connectivity index (χ2n) is 5.85. The minimum Gasteiger partial charge on any atom is -0.345 e. The molecule has 0 spiro atoms. The highest BCUT2D eigenvalue weighted by molar-refractivity contribution is 5.98. The first kappa shape index (κ1) is 15.2. The molecular weight excluding hydrogens is 292 g/mol. The van der Waals surface area contributed by atoms with Crippen molar-refractivity contribution in [3.63, 3.8) is 0 Å². The van der Waals surface area contributed by atoms with E-state index in [1.54, 1.807) is 19.1 Å². The van der Waals surface area contributed by atoms with Crippen molar-refractivity contribution in [1.82, 2.24) is 5.32 Å². The van der Waals surface area contributed by atoms with E-state index in [1.807, 2.05) is 18.2 Å². The monoisotopic (exact) mass is 310 g/mol. The molecule has 0 heterocycles. The summed E-state index contributed by atoms with van der Waals surface area (Å²) in [6.07, 6.45) is 2.85. The standard InChI is InChI=1S/C18H18N2O3/c1-12-6-4-10-15(17(12)20(22)23)18(21)19-16-11-5-8-13-7-2-3-9-14(13)16/h2-4,6-7,9-10,16H,5,8,11H2,1H3,(H,19,21)/t16-/m1/s1. The summed E-state index contributed by atoms with van der Waals surface area (Å²) >= 11 is 0. The second-order valence-corrected chi connectivity index (χ2v) is 5.85. The summed E-state index contributed by atoms with van der Waals surface area (Å²) < 4.78 is 0. The Bertz CT molecular complexity index is 771. The van der Waals surface area contributed by atoms with Gasteiger partial charge in [0.2, 0.25) is 0 Å². The molecule has 0 unspecified atom stereocenters. The highest BCUT2D eigenvalue weighted by Crippen LogP contribution is 2.30. The largest absolute Gasteiger partial charge is 0.345 e. The Hall–Kier alpha value is -2.69. The van der Waals surface area contributed by atoms with Crippen LogP contribution in [0.5, 0.6) is 0 Å². The average molecular weight is 310 g/mol. The van der Waals surface area contributed by atoms with Crippen molar-refractivity contribution in [1.29, 1.82) is 0 Å². The van der Waals surface area contributed by atoms with Crippen molar-refractivity contribution in [3.8, 4) is 0 Å². The lowest BCUT2D eigenvalue weighted by molar-refractivity contribution is -0.385. The van der Waals surface area contributed by atoms with Crippen LogP contribution in [-0.4, -0.2) is 10.8 Å². The number of hydrogen-bond acceptors (Lipinski definition) is 3. The summed E-state index contributed by atoms with van der Waals surface area (Å²) in [4.78, 5) is 23.4. The molecule has 0 aliphatic heterocycles. The molecule has 1 amide bonds. The van der Waals surface area contributed by atoms with Gasteiger partial charge in [-0.05, 0) is 43.4 Å². The summed E-state index contributed by atoms with van der Waals surface area (Å²) in [5, 5.41) is 14.2. The zero-order chi connectivity index (χ0) is 16.4. The Labute approximate surface area is 134 Å². The van der Waals surface area contributed by atoms with E-state index in [2.05, 4.69) is 11.4 Å². The molecular formula is C18H18N2O3. The third kappa shape index (κ3) is 2.95. The van der Waals surface area contributed by atoms with E-state index in [4.69, 9.17) is 0 Å². The highest BCUT2D eigenvalue weighted by atomic mass is 16.6. The van der Waals surface area contributed by atoms with E-state index < -0.39 is 4.92 Å². The molecule has 0 fully saturated rings. The molecule has 0 saturated carbocycles. The van der Waals surface area contributed by atoms with E-state index >= 15 is 0 Å². The number of fused-ring (bicyclic) bond motifs is 1. The molecule has 1 N–H and O–H groups in total. The molecule has 0 bridgehead atoms. The molecule has 5 heteroatoms. The van der Waals surface area contributed by atoms with Gasteiger partial charge >= 0.3 is 0 Å². The van der Waals surface area contributed by atoms with E-state index in [-0.39, 0.29) is 23.2 Å². The summed E-state index contributed by atoms with van der Waals surface area (Å²) in [5.74, 6) is -0.387. The number of nitrogens with one attached hydrogen (secondary N) is 1. The molecule has 118 valence electrons. The van der Waals surface area contributed by atoms with Gasteiger partial charge in [-0.1, -0.05) is 36.4 Å². The Morgan fingerprint density at radius 1 is 1.22 bits per heavy atom. The van der Waals surface area contributed by atoms with Gasteiger partial charge in [-0.2, -0.15) is 0 Å². The number of aryl methyl sites for hydroxylation is 2. The average Bonchev–Trinajstić information content (AvgIpc) is 2.54. The first-order valence-corrected chi connectivity index (χ1v) is 7.70. The molecule has 0 aromatic heterocycles. The second kappa shape index (κ2) is 6.20. The molecule has 5 nitrogen and oxygen atoms in total. The van der Waals surface area contributed by atoms with Crippen LogP contribution in [0.3, 0.4) is 0 Å². The zero-order valence-electron chi connectivity index (χ0n) is 12.9. The highest BCUT2D eigenvalue weighted by Gasteiger charge is 2.26. The fourth-order valence-electron chi connectivity index (χ4n) is 3.22. The zero-order valence-corrected chi connectivity index (χ0v) is 12.9. The van der Waals surface area contributed by atoms with Crippen LogP contribution >= 0.6 is 0 Å².